The first-order valence-corrected chi connectivity index (χ1v) is 15.0. The van der Waals surface area contributed by atoms with Gasteiger partial charge in [-0.25, -0.2) is 0 Å². The molecule has 0 aliphatic rings. The lowest BCUT2D eigenvalue weighted by atomic mass is 9.84. The quantitative estimate of drug-likeness (QED) is 0.107. The van der Waals surface area contributed by atoms with E-state index in [9.17, 15) is 34.8 Å². The number of carboxylic acid groups (broad SMARTS) is 1. The zero-order valence-corrected chi connectivity index (χ0v) is 25.9. The molecular weight excluding hydrogens is 578 g/mol. The highest BCUT2D eigenvalue weighted by atomic mass is 16.5. The third-order valence-corrected chi connectivity index (χ3v) is 7.56. The van der Waals surface area contributed by atoms with E-state index in [1.54, 1.807) is 31.2 Å². The van der Waals surface area contributed by atoms with Crippen LogP contribution in [0.1, 0.15) is 61.8 Å². The van der Waals surface area contributed by atoms with Crippen LogP contribution in [-0.4, -0.2) is 62.7 Å². The van der Waals surface area contributed by atoms with Gasteiger partial charge in [0.05, 0.1) is 36.7 Å². The van der Waals surface area contributed by atoms with Crippen LogP contribution in [0.4, 0.5) is 0 Å². The Bertz CT molecular complexity index is 1500. The number of aliphatic hydroxyl groups is 1. The predicted octanol–water partition coefficient (Wildman–Crippen LogP) is 4.75. The number of rotatable bonds is 15. The summed E-state index contributed by atoms with van der Waals surface area (Å²) in [5.41, 5.74) is 2.63. The second-order valence-electron chi connectivity index (χ2n) is 11.0. The van der Waals surface area contributed by atoms with Gasteiger partial charge in [0.1, 0.15) is 6.61 Å². The Morgan fingerprint density at radius 1 is 0.844 bits per heavy atom. The molecule has 10 nitrogen and oxygen atoms in total. The van der Waals surface area contributed by atoms with Crippen molar-refractivity contribution in [3.05, 3.63) is 76.9 Å². The van der Waals surface area contributed by atoms with E-state index in [1.807, 2.05) is 37.3 Å². The third-order valence-electron chi connectivity index (χ3n) is 7.56. The molecule has 0 amide bonds. The molecule has 0 radical (unpaired) electrons. The highest BCUT2D eigenvalue weighted by Gasteiger charge is 2.34. The first kappa shape index (κ1) is 34.7. The molecule has 1 aromatic heterocycles. The highest BCUT2D eigenvalue weighted by molar-refractivity contribution is 5.77. The number of benzene rings is 2. The summed E-state index contributed by atoms with van der Waals surface area (Å²) in [6, 6.07) is 16.4. The summed E-state index contributed by atoms with van der Waals surface area (Å²) in [5, 5.41) is 41.0. The predicted molar refractivity (Wildman–Crippen MR) is 167 cm³/mol. The van der Waals surface area contributed by atoms with Crippen LogP contribution in [0.25, 0.3) is 5.69 Å². The zero-order valence-electron chi connectivity index (χ0n) is 25.9. The molecule has 1 heterocycles. The minimum absolute atomic E-state index is 0.0686. The monoisotopic (exact) mass is 619 g/mol. The molecular formula is C35H41NO9. The molecule has 0 saturated heterocycles. The summed E-state index contributed by atoms with van der Waals surface area (Å²) >= 11 is 0. The van der Waals surface area contributed by atoms with Crippen LogP contribution < -0.4 is 0 Å². The van der Waals surface area contributed by atoms with Gasteiger partial charge in [-0.2, -0.15) is 0 Å². The zero-order chi connectivity index (χ0) is 32.9. The third kappa shape index (κ3) is 9.62. The van der Waals surface area contributed by atoms with Crippen LogP contribution in [0.2, 0.25) is 0 Å². The number of carbonyl (C=O) groups excluding carboxylic acids is 2. The molecule has 0 aliphatic heterocycles. The number of aliphatic hydroxyl groups excluding tert-OH is 1. The number of carboxylic acids is 1. The fourth-order valence-corrected chi connectivity index (χ4v) is 4.92. The van der Waals surface area contributed by atoms with E-state index in [-0.39, 0.29) is 49.8 Å². The Morgan fingerprint density at radius 2 is 1.44 bits per heavy atom. The van der Waals surface area contributed by atoms with Crippen LogP contribution in [0.5, 0.6) is 11.8 Å². The lowest BCUT2D eigenvalue weighted by Crippen LogP contribution is -2.30. The van der Waals surface area contributed by atoms with Gasteiger partial charge >= 0.3 is 17.9 Å². The summed E-state index contributed by atoms with van der Waals surface area (Å²) in [4.78, 5) is 37.8. The van der Waals surface area contributed by atoms with Gasteiger partial charge in [0.2, 0.25) is 11.8 Å². The van der Waals surface area contributed by atoms with Crippen molar-refractivity contribution in [3.8, 4) is 29.3 Å². The van der Waals surface area contributed by atoms with E-state index >= 15 is 0 Å². The standard InChI is InChI=1S/C35H41NO9/c1-4-5-18-44-34(42)27(20-23(2)33(40)41)21-28(35(43)45-19-17-37)22-30-24(3)31(38)36(32(30)39)29-15-13-26(14-16-29)12-11-25-9-7-6-8-10-25/h6-10,13-16,23,27-28,37-39H,4-5,17-22H2,1-3H3,(H,40,41). The fraction of sp³-hybridized carbons (Fsp3) is 0.400. The van der Waals surface area contributed by atoms with Crippen LogP contribution in [-0.2, 0) is 30.3 Å². The second kappa shape index (κ2) is 16.9. The fourth-order valence-electron chi connectivity index (χ4n) is 4.92. The Kier molecular flexibility index (Phi) is 13.1. The van der Waals surface area contributed by atoms with Crippen molar-refractivity contribution in [3.63, 3.8) is 0 Å². The molecule has 0 fully saturated rings. The number of esters is 2. The number of nitrogens with zero attached hydrogens (tertiary/aromatic N) is 1. The summed E-state index contributed by atoms with van der Waals surface area (Å²) in [6.07, 6.45) is 1.12. The van der Waals surface area contributed by atoms with Gasteiger partial charge in [-0.3, -0.25) is 19.0 Å². The first-order valence-electron chi connectivity index (χ1n) is 15.0. The van der Waals surface area contributed by atoms with Crippen molar-refractivity contribution in [1.82, 2.24) is 4.57 Å². The molecule has 3 atom stereocenters. The summed E-state index contributed by atoms with van der Waals surface area (Å²) in [6.45, 7) is 4.49. The van der Waals surface area contributed by atoms with E-state index in [0.717, 1.165) is 17.5 Å². The van der Waals surface area contributed by atoms with E-state index in [2.05, 4.69) is 11.8 Å². The molecule has 3 unspecified atom stereocenters. The van der Waals surface area contributed by atoms with Gasteiger partial charge < -0.3 is 29.9 Å². The molecule has 4 N–H and O–H groups in total. The number of aromatic nitrogens is 1. The van der Waals surface area contributed by atoms with E-state index in [1.165, 1.54) is 11.5 Å². The second-order valence-corrected chi connectivity index (χ2v) is 11.0. The topological polar surface area (TPSA) is 156 Å². The molecule has 0 aliphatic carbocycles. The van der Waals surface area contributed by atoms with Gasteiger partial charge in [0, 0.05) is 22.3 Å². The van der Waals surface area contributed by atoms with Crippen LogP contribution in [0.3, 0.4) is 0 Å². The maximum absolute atomic E-state index is 13.2. The molecule has 45 heavy (non-hydrogen) atoms. The highest BCUT2D eigenvalue weighted by Crippen LogP contribution is 2.39. The Labute approximate surface area is 263 Å². The van der Waals surface area contributed by atoms with Crippen molar-refractivity contribution < 1.29 is 44.3 Å². The molecule has 0 bridgehead atoms. The number of aliphatic carboxylic acids is 1. The molecule has 240 valence electrons. The maximum Gasteiger partial charge on any atom is 0.309 e. The average molecular weight is 620 g/mol. The number of hydrogen-bond acceptors (Lipinski definition) is 8. The molecule has 0 spiro atoms. The van der Waals surface area contributed by atoms with Crippen LogP contribution >= 0.6 is 0 Å². The molecule has 0 saturated carbocycles. The molecule has 3 aromatic rings. The lowest BCUT2D eigenvalue weighted by Gasteiger charge is -2.23. The Morgan fingerprint density at radius 3 is 2.04 bits per heavy atom. The smallest absolute Gasteiger partial charge is 0.309 e. The normalized spacial score (nSPS) is 12.8. The number of aromatic hydroxyl groups is 2. The Hall–Kier alpha value is -4.75. The SMILES string of the molecule is CCCCOC(=O)C(CC(C)C(=O)O)CC(Cc1c(C)c(O)n(-c2ccc(C#Cc3ccccc3)cc2)c1O)C(=O)OCCO. The van der Waals surface area contributed by atoms with Gasteiger partial charge in [0.25, 0.3) is 0 Å². The number of carbonyl (C=O) groups is 3. The van der Waals surface area contributed by atoms with Crippen molar-refractivity contribution in [1.29, 1.82) is 0 Å². The number of hydrogen-bond donors (Lipinski definition) is 4. The summed E-state index contributed by atoms with van der Waals surface area (Å²) in [7, 11) is 0. The van der Waals surface area contributed by atoms with Crippen molar-refractivity contribution in [2.75, 3.05) is 19.8 Å². The molecule has 3 rings (SSSR count). The van der Waals surface area contributed by atoms with Gasteiger partial charge in [-0.05, 0) is 69.0 Å². The maximum atomic E-state index is 13.2. The summed E-state index contributed by atoms with van der Waals surface area (Å²) in [5.74, 6) is 0.341. The van der Waals surface area contributed by atoms with E-state index in [0.29, 0.717) is 17.7 Å². The molecule has 10 heteroatoms. The minimum Gasteiger partial charge on any atom is -0.494 e. The number of ether oxygens (including phenoxy) is 2. The van der Waals surface area contributed by atoms with Crippen LogP contribution in [0.15, 0.2) is 54.6 Å². The van der Waals surface area contributed by atoms with E-state index in [4.69, 9.17) is 9.47 Å². The average Bonchev–Trinajstić information content (AvgIpc) is 3.24. The first-order chi connectivity index (χ1) is 21.6. The van der Waals surface area contributed by atoms with Crippen molar-refractivity contribution in [2.24, 2.45) is 17.8 Å². The Balaban J connectivity index is 1.91. The lowest BCUT2D eigenvalue weighted by molar-refractivity contribution is -0.154. The van der Waals surface area contributed by atoms with Gasteiger partial charge in [-0.15, -0.1) is 0 Å². The largest absolute Gasteiger partial charge is 0.494 e. The minimum atomic E-state index is -1.09. The van der Waals surface area contributed by atoms with E-state index < -0.39 is 42.3 Å². The van der Waals surface area contributed by atoms with Gasteiger partial charge in [-0.1, -0.05) is 50.3 Å². The van der Waals surface area contributed by atoms with Crippen molar-refractivity contribution >= 4 is 17.9 Å². The molecule has 2 aromatic carbocycles. The number of unbranched alkanes of at least 4 members (excludes halogenated alkanes) is 1. The van der Waals surface area contributed by atoms with Crippen molar-refractivity contribution in [2.45, 2.75) is 52.9 Å². The summed E-state index contributed by atoms with van der Waals surface area (Å²) < 4.78 is 11.8. The van der Waals surface area contributed by atoms with Crippen LogP contribution in [0, 0.1) is 36.5 Å². The van der Waals surface area contributed by atoms with Gasteiger partial charge in [0.15, 0.2) is 0 Å².